The SMILES string of the molecule is COC(=O)c1[nH]c2ccc(Br)cc2c1NC(=O)C[NH+](C)CC(OC)OC. The van der Waals surface area contributed by atoms with Crippen LogP contribution in [0.3, 0.4) is 0 Å². The fraction of sp³-hybridized carbons (Fsp3) is 0.412. The summed E-state index contributed by atoms with van der Waals surface area (Å²) >= 11 is 3.40. The number of benzene rings is 1. The number of ether oxygens (including phenoxy) is 3. The van der Waals surface area contributed by atoms with Gasteiger partial charge in [0.15, 0.2) is 6.54 Å². The number of aromatic amines is 1. The fourth-order valence-corrected chi connectivity index (χ4v) is 2.99. The summed E-state index contributed by atoms with van der Waals surface area (Å²) in [5.41, 5.74) is 1.34. The number of aromatic nitrogens is 1. The molecular weight excluding hydrogens is 406 g/mol. The van der Waals surface area contributed by atoms with Crippen LogP contribution in [0.5, 0.6) is 0 Å². The van der Waals surface area contributed by atoms with E-state index in [1.165, 1.54) is 7.11 Å². The molecule has 0 radical (unpaired) electrons. The summed E-state index contributed by atoms with van der Waals surface area (Å²) < 4.78 is 15.9. The lowest BCUT2D eigenvalue weighted by Crippen LogP contribution is -3.11. The van der Waals surface area contributed by atoms with Crippen molar-refractivity contribution >= 4 is 44.4 Å². The molecule has 1 atom stereocenters. The maximum absolute atomic E-state index is 12.5. The van der Waals surface area contributed by atoms with E-state index in [-0.39, 0.29) is 18.1 Å². The van der Waals surface area contributed by atoms with Crippen molar-refractivity contribution in [3.05, 3.63) is 28.4 Å². The molecular formula is C17H23BrN3O5+. The Morgan fingerprint density at radius 2 is 1.96 bits per heavy atom. The zero-order valence-electron chi connectivity index (χ0n) is 15.1. The highest BCUT2D eigenvalue weighted by molar-refractivity contribution is 9.10. The molecule has 0 saturated heterocycles. The second kappa shape index (κ2) is 9.13. The van der Waals surface area contributed by atoms with Crippen LogP contribution in [0.1, 0.15) is 10.5 Å². The Kier molecular flexibility index (Phi) is 7.15. The van der Waals surface area contributed by atoms with Crippen LogP contribution in [0.2, 0.25) is 0 Å². The highest BCUT2D eigenvalue weighted by Gasteiger charge is 2.22. The van der Waals surface area contributed by atoms with Gasteiger partial charge in [-0.15, -0.1) is 0 Å². The molecule has 0 bridgehead atoms. The molecule has 0 fully saturated rings. The number of halogens is 1. The average Bonchev–Trinajstić information content (AvgIpc) is 2.96. The smallest absolute Gasteiger partial charge is 0.356 e. The Balaban J connectivity index is 2.21. The minimum absolute atomic E-state index is 0.185. The number of anilines is 1. The van der Waals surface area contributed by atoms with Crippen LogP contribution in [-0.4, -0.2) is 64.6 Å². The lowest BCUT2D eigenvalue weighted by molar-refractivity contribution is -0.877. The van der Waals surface area contributed by atoms with E-state index in [9.17, 15) is 9.59 Å². The molecule has 0 saturated carbocycles. The molecule has 1 aromatic heterocycles. The van der Waals surface area contributed by atoms with E-state index in [0.29, 0.717) is 12.2 Å². The zero-order chi connectivity index (χ0) is 19.3. The molecule has 1 heterocycles. The second-order valence-corrected chi connectivity index (χ2v) is 6.76. The first-order valence-corrected chi connectivity index (χ1v) is 8.75. The van der Waals surface area contributed by atoms with Gasteiger partial charge in [-0.3, -0.25) is 4.79 Å². The molecule has 2 rings (SSSR count). The predicted octanol–water partition coefficient (Wildman–Crippen LogP) is 0.789. The van der Waals surface area contributed by atoms with Crippen LogP contribution in [0.4, 0.5) is 5.69 Å². The van der Waals surface area contributed by atoms with Crippen molar-refractivity contribution < 1.29 is 28.7 Å². The average molecular weight is 429 g/mol. The van der Waals surface area contributed by atoms with Gasteiger partial charge in [0.05, 0.1) is 19.8 Å². The number of fused-ring (bicyclic) bond motifs is 1. The Labute approximate surface area is 159 Å². The molecule has 1 amide bonds. The molecule has 9 heteroatoms. The van der Waals surface area contributed by atoms with E-state index >= 15 is 0 Å². The highest BCUT2D eigenvalue weighted by atomic mass is 79.9. The summed E-state index contributed by atoms with van der Waals surface area (Å²) in [6.45, 7) is 0.689. The number of amides is 1. The van der Waals surface area contributed by atoms with E-state index < -0.39 is 12.3 Å². The first-order chi connectivity index (χ1) is 12.4. The van der Waals surface area contributed by atoms with Gasteiger partial charge < -0.3 is 29.4 Å². The number of methoxy groups -OCH3 is 3. The van der Waals surface area contributed by atoms with E-state index in [1.807, 2.05) is 25.2 Å². The van der Waals surface area contributed by atoms with E-state index in [2.05, 4.69) is 26.2 Å². The van der Waals surface area contributed by atoms with Gasteiger partial charge in [0.1, 0.15) is 12.2 Å². The van der Waals surface area contributed by atoms with Gasteiger partial charge >= 0.3 is 5.97 Å². The quantitative estimate of drug-likeness (QED) is 0.426. The van der Waals surface area contributed by atoms with Gasteiger partial charge in [0.2, 0.25) is 6.29 Å². The summed E-state index contributed by atoms with van der Waals surface area (Å²) in [6.07, 6.45) is -0.391. The van der Waals surface area contributed by atoms with Crippen molar-refractivity contribution in [3.63, 3.8) is 0 Å². The number of carbonyl (C=O) groups excluding carboxylic acids is 2. The Morgan fingerprint density at radius 3 is 2.58 bits per heavy atom. The molecule has 0 aliphatic rings. The third-order valence-corrected chi connectivity index (χ3v) is 4.41. The number of hydrogen-bond donors (Lipinski definition) is 3. The largest absolute Gasteiger partial charge is 0.464 e. The van der Waals surface area contributed by atoms with Crippen LogP contribution < -0.4 is 10.2 Å². The van der Waals surface area contributed by atoms with Gasteiger partial charge in [-0.25, -0.2) is 4.79 Å². The number of nitrogens with one attached hydrogen (secondary N) is 3. The number of esters is 1. The third kappa shape index (κ3) is 4.82. The second-order valence-electron chi connectivity index (χ2n) is 5.84. The van der Waals surface area contributed by atoms with Crippen molar-refractivity contribution in [1.29, 1.82) is 0 Å². The normalized spacial score (nSPS) is 12.4. The molecule has 0 spiro atoms. The lowest BCUT2D eigenvalue weighted by atomic mass is 10.2. The highest BCUT2D eigenvalue weighted by Crippen LogP contribution is 2.30. The molecule has 1 aromatic carbocycles. The van der Waals surface area contributed by atoms with Crippen molar-refractivity contribution in [3.8, 4) is 0 Å². The Hall–Kier alpha value is -1.94. The van der Waals surface area contributed by atoms with Crippen LogP contribution in [-0.2, 0) is 19.0 Å². The zero-order valence-corrected chi connectivity index (χ0v) is 16.7. The summed E-state index contributed by atoms with van der Waals surface area (Å²) in [5, 5.41) is 3.54. The summed E-state index contributed by atoms with van der Waals surface area (Å²) in [6, 6.07) is 5.50. The number of rotatable bonds is 8. The molecule has 3 N–H and O–H groups in total. The van der Waals surface area contributed by atoms with Gasteiger partial charge in [-0.2, -0.15) is 0 Å². The Morgan fingerprint density at radius 1 is 1.27 bits per heavy atom. The molecule has 142 valence electrons. The molecule has 1 unspecified atom stereocenters. The predicted molar refractivity (Wildman–Crippen MR) is 100 cm³/mol. The number of H-pyrrole nitrogens is 1. The van der Waals surface area contributed by atoms with Gasteiger partial charge in [-0.05, 0) is 18.2 Å². The van der Waals surface area contributed by atoms with E-state index in [4.69, 9.17) is 14.2 Å². The summed E-state index contributed by atoms with van der Waals surface area (Å²) in [7, 11) is 6.25. The minimum Gasteiger partial charge on any atom is -0.464 e. The minimum atomic E-state index is -0.549. The van der Waals surface area contributed by atoms with E-state index in [0.717, 1.165) is 20.3 Å². The molecule has 2 aromatic rings. The van der Waals surface area contributed by atoms with Crippen LogP contribution in [0.25, 0.3) is 10.9 Å². The Bertz CT molecular complexity index is 788. The summed E-state index contributed by atoms with van der Waals surface area (Å²) in [4.78, 5) is 28.4. The van der Waals surface area contributed by atoms with Gasteiger partial charge in [0, 0.05) is 29.6 Å². The van der Waals surface area contributed by atoms with Crippen LogP contribution in [0.15, 0.2) is 22.7 Å². The maximum Gasteiger partial charge on any atom is 0.356 e. The van der Waals surface area contributed by atoms with Crippen molar-refractivity contribution in [2.45, 2.75) is 6.29 Å². The van der Waals surface area contributed by atoms with Crippen LogP contribution >= 0.6 is 15.9 Å². The van der Waals surface area contributed by atoms with Crippen LogP contribution in [0, 0.1) is 0 Å². The number of carbonyl (C=O) groups is 2. The molecule has 0 aliphatic carbocycles. The lowest BCUT2D eigenvalue weighted by Gasteiger charge is -2.19. The molecule has 0 aliphatic heterocycles. The first kappa shape index (κ1) is 20.4. The van der Waals surface area contributed by atoms with Gasteiger partial charge in [0.25, 0.3) is 5.91 Å². The number of likely N-dealkylation sites (N-methyl/N-ethyl adjacent to an activating group) is 1. The van der Waals surface area contributed by atoms with Crippen molar-refractivity contribution in [2.24, 2.45) is 0 Å². The standard InChI is InChI=1S/C17H22BrN3O5/c1-21(9-14(24-2)25-3)8-13(22)20-15-11-7-10(18)5-6-12(11)19-16(15)17(23)26-4/h5-7,14,19H,8-9H2,1-4H3,(H,20,22)/p+1. The molecule has 8 nitrogen and oxygen atoms in total. The third-order valence-electron chi connectivity index (χ3n) is 3.92. The van der Waals surface area contributed by atoms with Crippen molar-refractivity contribution in [1.82, 2.24) is 4.98 Å². The fourth-order valence-electron chi connectivity index (χ4n) is 2.63. The van der Waals surface area contributed by atoms with E-state index in [1.54, 1.807) is 14.2 Å². The monoisotopic (exact) mass is 428 g/mol. The topological polar surface area (TPSA) is 94.1 Å². The van der Waals surface area contributed by atoms with Crippen molar-refractivity contribution in [2.75, 3.05) is 46.8 Å². The maximum atomic E-state index is 12.5. The molecule has 26 heavy (non-hydrogen) atoms. The first-order valence-electron chi connectivity index (χ1n) is 7.95. The number of quaternary nitrogens is 1. The number of hydrogen-bond acceptors (Lipinski definition) is 5. The van der Waals surface area contributed by atoms with Gasteiger partial charge in [-0.1, -0.05) is 15.9 Å². The summed E-state index contributed by atoms with van der Waals surface area (Å²) in [5.74, 6) is -0.786.